The lowest BCUT2D eigenvalue weighted by molar-refractivity contribution is 0.464. The van der Waals surface area contributed by atoms with Crippen molar-refractivity contribution < 1.29 is 8.83 Å². The molecule has 2 aromatic heterocycles. The average Bonchev–Trinajstić information content (AvgIpc) is 3.44. The molecule has 0 fully saturated rings. The molecule has 4 aromatic rings. The van der Waals surface area contributed by atoms with Gasteiger partial charge in [-0.2, -0.15) is 0 Å². The van der Waals surface area contributed by atoms with Gasteiger partial charge in [0.1, 0.15) is 0 Å². The van der Waals surface area contributed by atoms with Crippen molar-refractivity contribution >= 4 is 33.4 Å². The Bertz CT molecular complexity index is 1110. The molecule has 0 radical (unpaired) electrons. The van der Waals surface area contributed by atoms with Gasteiger partial charge < -0.3 is 13.7 Å². The molecule has 0 amide bonds. The number of hydrogen-bond donors (Lipinski definition) is 0. The van der Waals surface area contributed by atoms with Gasteiger partial charge in [0.25, 0.3) is 5.22 Å². The molecule has 0 unspecified atom stereocenters. The van der Waals surface area contributed by atoms with Crippen LogP contribution in [0.2, 0.25) is 0 Å². The fraction of sp³-hybridized carbons (Fsp3) is 0.238. The monoisotopic (exact) mass is 485 g/mol. The Labute approximate surface area is 187 Å². The molecule has 0 spiro atoms. The van der Waals surface area contributed by atoms with Crippen LogP contribution in [-0.4, -0.2) is 33.5 Å². The van der Waals surface area contributed by atoms with Crippen LogP contribution >= 0.6 is 27.7 Å². The Morgan fingerprint density at radius 3 is 2.33 bits per heavy atom. The summed E-state index contributed by atoms with van der Waals surface area (Å²) in [7, 11) is 0. The summed E-state index contributed by atoms with van der Waals surface area (Å²) in [6.07, 6.45) is 0. The van der Waals surface area contributed by atoms with E-state index in [0.29, 0.717) is 28.6 Å². The SMILES string of the molecule is CCN(CC)c1ccc(-c2nnc(SCc3nnc(-c4ccccc4Br)o3)o2)cc1. The minimum absolute atomic E-state index is 0.444. The molecular formula is C21H20BrN5O2S. The standard InChI is InChI=1S/C21H20BrN5O2S/c1-3-27(4-2)15-11-9-14(10-12-15)19-24-26-21(29-19)30-13-18-23-25-20(28-18)16-7-5-6-8-17(16)22/h5-12H,3-4,13H2,1-2H3. The molecule has 30 heavy (non-hydrogen) atoms. The van der Waals surface area contributed by atoms with E-state index in [1.54, 1.807) is 0 Å². The first kappa shape index (κ1) is 20.6. The molecular weight excluding hydrogens is 466 g/mol. The molecule has 2 heterocycles. The van der Waals surface area contributed by atoms with E-state index in [2.05, 4.69) is 67.2 Å². The number of hydrogen-bond acceptors (Lipinski definition) is 8. The number of thioether (sulfide) groups is 1. The van der Waals surface area contributed by atoms with Crippen molar-refractivity contribution in [2.45, 2.75) is 24.8 Å². The molecule has 9 heteroatoms. The Balaban J connectivity index is 1.40. The average molecular weight is 486 g/mol. The van der Waals surface area contributed by atoms with Crippen LogP contribution in [0.3, 0.4) is 0 Å². The molecule has 7 nitrogen and oxygen atoms in total. The molecule has 0 aliphatic heterocycles. The molecule has 0 saturated carbocycles. The molecule has 0 atom stereocenters. The largest absolute Gasteiger partial charge is 0.420 e. The van der Waals surface area contributed by atoms with Crippen molar-refractivity contribution in [1.82, 2.24) is 20.4 Å². The minimum atomic E-state index is 0.444. The summed E-state index contributed by atoms with van der Waals surface area (Å²) in [6.45, 7) is 6.22. The lowest BCUT2D eigenvalue weighted by Gasteiger charge is -2.20. The zero-order valence-electron chi connectivity index (χ0n) is 16.6. The first-order valence-electron chi connectivity index (χ1n) is 9.57. The van der Waals surface area contributed by atoms with Gasteiger partial charge in [-0.15, -0.1) is 20.4 Å². The van der Waals surface area contributed by atoms with Gasteiger partial charge >= 0.3 is 0 Å². The van der Waals surface area contributed by atoms with Crippen molar-refractivity contribution in [2.24, 2.45) is 0 Å². The van der Waals surface area contributed by atoms with Crippen molar-refractivity contribution in [2.75, 3.05) is 18.0 Å². The lowest BCUT2D eigenvalue weighted by Crippen LogP contribution is -2.21. The van der Waals surface area contributed by atoms with Crippen LogP contribution in [0.1, 0.15) is 19.7 Å². The maximum Gasteiger partial charge on any atom is 0.277 e. The fourth-order valence-electron chi connectivity index (χ4n) is 2.97. The highest BCUT2D eigenvalue weighted by atomic mass is 79.9. The fourth-order valence-corrected chi connectivity index (χ4v) is 4.02. The van der Waals surface area contributed by atoms with E-state index >= 15 is 0 Å². The predicted octanol–water partition coefficient (Wildman–Crippen LogP) is 5.69. The van der Waals surface area contributed by atoms with Gasteiger partial charge in [0.05, 0.1) is 11.3 Å². The molecule has 0 saturated heterocycles. The highest BCUT2D eigenvalue weighted by Crippen LogP contribution is 2.30. The number of anilines is 1. The Kier molecular flexibility index (Phi) is 6.49. The maximum atomic E-state index is 5.78. The zero-order chi connectivity index (χ0) is 20.9. The van der Waals surface area contributed by atoms with Gasteiger partial charge in [0.2, 0.25) is 17.7 Å². The molecule has 2 aromatic carbocycles. The van der Waals surface area contributed by atoms with Crippen molar-refractivity contribution in [1.29, 1.82) is 0 Å². The van der Waals surface area contributed by atoms with Crippen LogP contribution in [0.25, 0.3) is 22.9 Å². The van der Waals surface area contributed by atoms with E-state index < -0.39 is 0 Å². The second kappa shape index (κ2) is 9.44. The van der Waals surface area contributed by atoms with E-state index in [1.165, 1.54) is 17.4 Å². The predicted molar refractivity (Wildman–Crippen MR) is 120 cm³/mol. The third kappa shape index (κ3) is 4.57. The minimum Gasteiger partial charge on any atom is -0.420 e. The quantitative estimate of drug-likeness (QED) is 0.294. The van der Waals surface area contributed by atoms with Gasteiger partial charge in [-0.1, -0.05) is 23.9 Å². The summed E-state index contributed by atoms with van der Waals surface area (Å²) in [5, 5.41) is 16.9. The summed E-state index contributed by atoms with van der Waals surface area (Å²) < 4.78 is 12.4. The molecule has 0 bridgehead atoms. The van der Waals surface area contributed by atoms with Crippen LogP contribution in [0.4, 0.5) is 5.69 Å². The van der Waals surface area contributed by atoms with Gasteiger partial charge in [-0.05, 0) is 66.2 Å². The third-order valence-electron chi connectivity index (χ3n) is 4.54. The highest BCUT2D eigenvalue weighted by molar-refractivity contribution is 9.10. The van der Waals surface area contributed by atoms with Crippen molar-refractivity contribution in [3.8, 4) is 22.9 Å². The summed E-state index contributed by atoms with van der Waals surface area (Å²) in [6, 6.07) is 15.8. The first-order chi connectivity index (χ1) is 14.7. The maximum absolute atomic E-state index is 5.78. The van der Waals surface area contributed by atoms with Crippen molar-refractivity contribution in [3.63, 3.8) is 0 Å². The number of rotatable bonds is 8. The summed E-state index contributed by atoms with van der Waals surface area (Å²) in [5.41, 5.74) is 2.92. The Hall–Kier alpha value is -2.65. The van der Waals surface area contributed by atoms with Gasteiger partial charge in [-0.3, -0.25) is 0 Å². The van der Waals surface area contributed by atoms with Gasteiger partial charge in [0.15, 0.2) is 0 Å². The van der Waals surface area contributed by atoms with E-state index in [-0.39, 0.29) is 0 Å². The van der Waals surface area contributed by atoms with Crippen LogP contribution in [0.15, 0.2) is 67.1 Å². The van der Waals surface area contributed by atoms with E-state index in [0.717, 1.165) is 28.7 Å². The van der Waals surface area contributed by atoms with E-state index in [4.69, 9.17) is 8.83 Å². The molecule has 154 valence electrons. The topological polar surface area (TPSA) is 81.1 Å². The Morgan fingerprint density at radius 1 is 0.867 bits per heavy atom. The van der Waals surface area contributed by atoms with E-state index in [1.807, 2.05) is 36.4 Å². The second-order valence-corrected chi connectivity index (χ2v) is 8.14. The number of nitrogens with zero attached hydrogens (tertiary/aromatic N) is 5. The van der Waals surface area contributed by atoms with Crippen LogP contribution in [0, 0.1) is 0 Å². The molecule has 0 N–H and O–H groups in total. The van der Waals surface area contributed by atoms with Crippen LogP contribution in [-0.2, 0) is 5.75 Å². The number of benzene rings is 2. The number of halogens is 1. The summed E-state index contributed by atoms with van der Waals surface area (Å²) in [4.78, 5) is 2.28. The zero-order valence-corrected chi connectivity index (χ0v) is 19.0. The van der Waals surface area contributed by atoms with Crippen molar-refractivity contribution in [3.05, 3.63) is 58.9 Å². The Morgan fingerprint density at radius 2 is 1.60 bits per heavy atom. The van der Waals surface area contributed by atoms with Gasteiger partial charge in [0, 0.05) is 28.8 Å². The van der Waals surface area contributed by atoms with E-state index in [9.17, 15) is 0 Å². The van der Waals surface area contributed by atoms with Crippen LogP contribution in [0.5, 0.6) is 0 Å². The third-order valence-corrected chi connectivity index (χ3v) is 6.03. The first-order valence-corrected chi connectivity index (χ1v) is 11.3. The molecule has 0 aliphatic rings. The number of aromatic nitrogens is 4. The molecule has 0 aliphatic carbocycles. The summed E-state index contributed by atoms with van der Waals surface area (Å²) >= 11 is 4.85. The lowest BCUT2D eigenvalue weighted by atomic mass is 10.2. The second-order valence-electron chi connectivity index (χ2n) is 6.36. The normalized spacial score (nSPS) is 11.0. The van der Waals surface area contributed by atoms with Gasteiger partial charge in [-0.25, -0.2) is 0 Å². The van der Waals surface area contributed by atoms with Crippen LogP contribution < -0.4 is 4.90 Å². The molecule has 4 rings (SSSR count). The smallest absolute Gasteiger partial charge is 0.277 e. The summed E-state index contributed by atoms with van der Waals surface area (Å²) in [5.74, 6) is 1.90. The highest BCUT2D eigenvalue weighted by Gasteiger charge is 2.14.